The van der Waals surface area contributed by atoms with Crippen molar-refractivity contribution >= 4 is 22.5 Å². The summed E-state index contributed by atoms with van der Waals surface area (Å²) in [6, 6.07) is 9.49. The fourth-order valence-electron chi connectivity index (χ4n) is 3.57. The van der Waals surface area contributed by atoms with E-state index in [1.807, 2.05) is 43.3 Å². The summed E-state index contributed by atoms with van der Waals surface area (Å²) in [4.78, 5) is 14.2. The number of hydrogen-bond acceptors (Lipinski definition) is 4. The monoisotopic (exact) mass is 336 g/mol. The van der Waals surface area contributed by atoms with E-state index in [2.05, 4.69) is 15.5 Å². The molecule has 0 spiro atoms. The van der Waals surface area contributed by atoms with Crippen LogP contribution in [0.5, 0.6) is 5.75 Å². The predicted molar refractivity (Wildman–Crippen MR) is 96.7 cm³/mol. The summed E-state index contributed by atoms with van der Waals surface area (Å²) < 4.78 is 0. The largest absolute Gasteiger partial charge is 0.508 e. The fraction of sp³-hybridized carbons (Fsp3) is 0.263. The van der Waals surface area contributed by atoms with Gasteiger partial charge in [-0.1, -0.05) is 12.1 Å². The van der Waals surface area contributed by atoms with Crippen LogP contribution in [-0.4, -0.2) is 40.2 Å². The lowest BCUT2D eigenvalue weighted by Gasteiger charge is -2.27. The number of phenolic OH excluding ortho intramolecular Hbond substituents is 1. The summed E-state index contributed by atoms with van der Waals surface area (Å²) in [5, 5.41) is 21.3. The van der Waals surface area contributed by atoms with Gasteiger partial charge >= 0.3 is 0 Å². The molecule has 1 atom stereocenters. The minimum Gasteiger partial charge on any atom is -0.508 e. The number of carbonyl (C=O) groups excluding carboxylic acids is 1. The number of benzene rings is 2. The van der Waals surface area contributed by atoms with Gasteiger partial charge in [0.25, 0.3) is 0 Å². The van der Waals surface area contributed by atoms with Crippen molar-refractivity contribution in [2.75, 3.05) is 19.4 Å². The average Bonchev–Trinajstić information content (AvgIpc) is 3.04. The van der Waals surface area contributed by atoms with Crippen LogP contribution in [0.2, 0.25) is 0 Å². The molecule has 2 aromatic carbocycles. The second-order valence-corrected chi connectivity index (χ2v) is 6.79. The molecule has 0 saturated heterocycles. The molecular weight excluding hydrogens is 316 g/mol. The number of phenols is 1. The second kappa shape index (κ2) is 5.89. The summed E-state index contributed by atoms with van der Waals surface area (Å²) in [5.74, 6) is 0.200. The zero-order valence-electron chi connectivity index (χ0n) is 14.2. The molecule has 1 aliphatic rings. The average molecular weight is 336 g/mol. The lowest BCUT2D eigenvalue weighted by molar-refractivity contribution is -0.116. The molecule has 2 heterocycles. The summed E-state index contributed by atoms with van der Waals surface area (Å²) in [6.07, 6.45) is 2.16. The van der Waals surface area contributed by atoms with Gasteiger partial charge in [0.15, 0.2) is 0 Å². The van der Waals surface area contributed by atoms with E-state index in [4.69, 9.17) is 0 Å². The molecule has 6 heteroatoms. The molecule has 0 fully saturated rings. The Morgan fingerprint density at radius 2 is 2.12 bits per heavy atom. The van der Waals surface area contributed by atoms with Crippen LogP contribution in [0.4, 0.5) is 5.69 Å². The number of nitrogens with zero attached hydrogens (tertiary/aromatic N) is 2. The maximum Gasteiger partial charge on any atom is 0.225 e. The standard InChI is InChI=1S/C19H20N4O2/c1-23(2)10-13-7-11(4-6-16(13)24)14-8-17(25)21-15-5-3-12-9-20-22-19(12)18(14)15/h3-7,9,14,24H,8,10H2,1-2H3,(H,20,22)(H,21,25). The highest BCUT2D eigenvalue weighted by atomic mass is 16.3. The summed E-state index contributed by atoms with van der Waals surface area (Å²) in [7, 11) is 3.92. The smallest absolute Gasteiger partial charge is 0.225 e. The highest BCUT2D eigenvalue weighted by Crippen LogP contribution is 2.41. The third-order valence-electron chi connectivity index (χ3n) is 4.66. The second-order valence-electron chi connectivity index (χ2n) is 6.79. The molecule has 0 saturated carbocycles. The Morgan fingerprint density at radius 3 is 2.92 bits per heavy atom. The van der Waals surface area contributed by atoms with Crippen LogP contribution in [0.3, 0.4) is 0 Å². The molecule has 0 bridgehead atoms. The number of aromatic hydroxyl groups is 1. The summed E-state index contributed by atoms with van der Waals surface area (Å²) >= 11 is 0. The minimum atomic E-state index is -0.0746. The molecule has 1 aromatic heterocycles. The van der Waals surface area contributed by atoms with Crippen molar-refractivity contribution in [2.24, 2.45) is 0 Å². The number of rotatable bonds is 3. The van der Waals surface area contributed by atoms with Gasteiger partial charge in [0.05, 0.1) is 11.7 Å². The van der Waals surface area contributed by atoms with E-state index in [0.29, 0.717) is 13.0 Å². The first kappa shape index (κ1) is 15.7. The number of anilines is 1. The maximum absolute atomic E-state index is 12.2. The molecule has 0 radical (unpaired) electrons. The van der Waals surface area contributed by atoms with E-state index in [-0.39, 0.29) is 17.6 Å². The summed E-state index contributed by atoms with van der Waals surface area (Å²) in [5.41, 5.74) is 4.70. The Hall–Kier alpha value is -2.86. The van der Waals surface area contributed by atoms with Gasteiger partial charge in [-0.15, -0.1) is 0 Å². The third-order valence-corrected chi connectivity index (χ3v) is 4.66. The van der Waals surface area contributed by atoms with Crippen molar-refractivity contribution in [3.05, 3.63) is 53.2 Å². The first-order valence-electron chi connectivity index (χ1n) is 8.25. The van der Waals surface area contributed by atoms with Crippen molar-refractivity contribution < 1.29 is 9.90 Å². The van der Waals surface area contributed by atoms with Gasteiger partial charge in [0.1, 0.15) is 5.75 Å². The SMILES string of the molecule is CN(C)Cc1cc(C2CC(=O)Nc3ccc4cn[nH]c4c32)ccc1O. The van der Waals surface area contributed by atoms with E-state index in [1.165, 1.54) is 0 Å². The fourth-order valence-corrected chi connectivity index (χ4v) is 3.57. The topological polar surface area (TPSA) is 81.2 Å². The first-order chi connectivity index (χ1) is 12.0. The van der Waals surface area contributed by atoms with Crippen LogP contribution in [0.15, 0.2) is 36.5 Å². The van der Waals surface area contributed by atoms with E-state index in [9.17, 15) is 9.90 Å². The van der Waals surface area contributed by atoms with Crippen molar-refractivity contribution in [1.82, 2.24) is 15.1 Å². The number of H-pyrrole nitrogens is 1. The van der Waals surface area contributed by atoms with Crippen LogP contribution in [-0.2, 0) is 11.3 Å². The zero-order chi connectivity index (χ0) is 17.6. The van der Waals surface area contributed by atoms with E-state index in [1.54, 1.807) is 12.3 Å². The molecule has 1 amide bonds. The minimum absolute atomic E-state index is 0.00130. The molecule has 6 nitrogen and oxygen atoms in total. The summed E-state index contributed by atoms with van der Waals surface area (Å²) in [6.45, 7) is 0.639. The number of hydrogen-bond donors (Lipinski definition) is 3. The Bertz CT molecular complexity index is 961. The zero-order valence-corrected chi connectivity index (χ0v) is 14.2. The molecule has 25 heavy (non-hydrogen) atoms. The van der Waals surface area contributed by atoms with Crippen LogP contribution in [0.1, 0.15) is 29.0 Å². The van der Waals surface area contributed by atoms with Gasteiger partial charge < -0.3 is 15.3 Å². The molecular formula is C19H20N4O2. The Balaban J connectivity index is 1.87. The van der Waals surface area contributed by atoms with E-state index in [0.717, 1.165) is 33.3 Å². The normalized spacial score (nSPS) is 16.9. The Kier molecular flexibility index (Phi) is 3.69. The Labute approximate surface area is 145 Å². The van der Waals surface area contributed by atoms with E-state index >= 15 is 0 Å². The lowest BCUT2D eigenvalue weighted by Crippen LogP contribution is -2.24. The van der Waals surface area contributed by atoms with Crippen LogP contribution in [0.25, 0.3) is 10.9 Å². The van der Waals surface area contributed by atoms with Gasteiger partial charge in [0.2, 0.25) is 5.91 Å². The third kappa shape index (κ3) is 2.74. The van der Waals surface area contributed by atoms with Crippen molar-refractivity contribution in [3.63, 3.8) is 0 Å². The van der Waals surface area contributed by atoms with Gasteiger partial charge in [-0.05, 0) is 37.9 Å². The van der Waals surface area contributed by atoms with Crippen molar-refractivity contribution in [1.29, 1.82) is 0 Å². The predicted octanol–water partition coefficient (Wildman–Crippen LogP) is 2.80. The van der Waals surface area contributed by atoms with Gasteiger partial charge in [-0.2, -0.15) is 5.10 Å². The highest BCUT2D eigenvalue weighted by molar-refractivity contribution is 6.00. The van der Waals surface area contributed by atoms with E-state index < -0.39 is 0 Å². The van der Waals surface area contributed by atoms with Crippen LogP contribution in [0, 0.1) is 0 Å². The number of aromatic nitrogens is 2. The maximum atomic E-state index is 12.2. The van der Waals surface area contributed by atoms with Crippen LogP contribution >= 0.6 is 0 Å². The van der Waals surface area contributed by atoms with Crippen molar-refractivity contribution in [2.45, 2.75) is 18.9 Å². The molecule has 1 unspecified atom stereocenters. The van der Waals surface area contributed by atoms with Gasteiger partial charge in [-0.25, -0.2) is 0 Å². The van der Waals surface area contributed by atoms with Gasteiger partial charge in [0, 0.05) is 41.1 Å². The number of amides is 1. The Morgan fingerprint density at radius 1 is 1.28 bits per heavy atom. The molecule has 3 N–H and O–H groups in total. The van der Waals surface area contributed by atoms with Gasteiger partial charge in [-0.3, -0.25) is 9.89 Å². The molecule has 1 aliphatic heterocycles. The number of aromatic amines is 1. The molecule has 3 aromatic rings. The molecule has 0 aliphatic carbocycles. The first-order valence-corrected chi connectivity index (χ1v) is 8.25. The number of carbonyl (C=O) groups is 1. The quantitative estimate of drug-likeness (QED) is 0.687. The highest BCUT2D eigenvalue weighted by Gasteiger charge is 2.29. The van der Waals surface area contributed by atoms with Crippen LogP contribution < -0.4 is 5.32 Å². The lowest BCUT2D eigenvalue weighted by atomic mass is 9.83. The number of fused-ring (bicyclic) bond motifs is 3. The van der Waals surface area contributed by atoms with Crippen molar-refractivity contribution in [3.8, 4) is 5.75 Å². The molecule has 128 valence electrons. The number of nitrogens with one attached hydrogen (secondary N) is 2. The molecule has 4 rings (SSSR count).